The van der Waals surface area contributed by atoms with E-state index in [2.05, 4.69) is 5.10 Å². The fraction of sp³-hybridized carbons (Fsp3) is 0.286. The summed E-state index contributed by atoms with van der Waals surface area (Å²) in [5.41, 5.74) is 0.972. The SMILES string of the molecule is CN(/N=C/c1scc[n+]1CCCS(=O)(=O)[O-])c1ccccc1. The maximum absolute atomic E-state index is 10.6. The van der Waals surface area contributed by atoms with Crippen LogP contribution in [0.2, 0.25) is 0 Å². The van der Waals surface area contributed by atoms with Gasteiger partial charge in [0.15, 0.2) is 12.7 Å². The number of hydrogen-bond acceptors (Lipinski definition) is 6. The van der Waals surface area contributed by atoms with Crippen LogP contribution in [0.15, 0.2) is 47.0 Å². The average Bonchev–Trinajstić information content (AvgIpc) is 2.92. The van der Waals surface area contributed by atoms with Gasteiger partial charge >= 0.3 is 0 Å². The summed E-state index contributed by atoms with van der Waals surface area (Å²) < 4.78 is 33.8. The van der Waals surface area contributed by atoms with E-state index < -0.39 is 10.1 Å². The molecule has 0 aliphatic carbocycles. The number of nitrogens with zero attached hydrogens (tertiary/aromatic N) is 3. The lowest BCUT2D eigenvalue weighted by Gasteiger charge is -2.11. The zero-order valence-corrected chi connectivity index (χ0v) is 13.8. The Bertz CT molecular complexity index is 727. The molecule has 0 aliphatic heterocycles. The summed E-state index contributed by atoms with van der Waals surface area (Å²) in [7, 11) is -2.30. The molecule has 22 heavy (non-hydrogen) atoms. The van der Waals surface area contributed by atoms with E-state index in [0.29, 0.717) is 13.0 Å². The van der Waals surface area contributed by atoms with Crippen molar-refractivity contribution in [3.63, 3.8) is 0 Å². The van der Waals surface area contributed by atoms with Crippen molar-refractivity contribution in [3.8, 4) is 0 Å². The zero-order chi connectivity index (χ0) is 16.0. The van der Waals surface area contributed by atoms with E-state index in [-0.39, 0.29) is 5.75 Å². The van der Waals surface area contributed by atoms with Gasteiger partial charge in [0.1, 0.15) is 6.21 Å². The first-order valence-electron chi connectivity index (χ1n) is 6.69. The van der Waals surface area contributed by atoms with E-state index in [4.69, 9.17) is 0 Å². The lowest BCUT2D eigenvalue weighted by molar-refractivity contribution is -0.692. The Kier molecular flexibility index (Phi) is 5.64. The molecule has 2 aromatic rings. The number of aryl methyl sites for hydroxylation is 1. The van der Waals surface area contributed by atoms with E-state index in [9.17, 15) is 13.0 Å². The van der Waals surface area contributed by atoms with E-state index in [1.54, 1.807) is 11.2 Å². The van der Waals surface area contributed by atoms with Gasteiger partial charge in [-0.1, -0.05) is 29.5 Å². The monoisotopic (exact) mass is 339 g/mol. The molecule has 0 N–H and O–H groups in total. The van der Waals surface area contributed by atoms with Gasteiger partial charge in [-0.2, -0.15) is 9.67 Å². The second-order valence-corrected chi connectivity index (χ2v) is 7.10. The molecule has 0 radical (unpaired) electrons. The highest BCUT2D eigenvalue weighted by Crippen LogP contribution is 2.11. The van der Waals surface area contributed by atoms with Crippen LogP contribution in [0.3, 0.4) is 0 Å². The van der Waals surface area contributed by atoms with Crippen molar-refractivity contribution in [2.24, 2.45) is 5.10 Å². The quantitative estimate of drug-likeness (QED) is 0.331. The molecule has 2 rings (SSSR count). The van der Waals surface area contributed by atoms with Crippen LogP contribution < -0.4 is 9.58 Å². The third kappa shape index (κ3) is 5.21. The van der Waals surface area contributed by atoms with Gasteiger partial charge in [0.25, 0.3) is 5.01 Å². The molecule has 0 saturated heterocycles. The smallest absolute Gasteiger partial charge is 0.282 e. The van der Waals surface area contributed by atoms with Crippen molar-refractivity contribution in [1.82, 2.24) is 0 Å². The number of aromatic nitrogens is 1. The molecule has 0 saturated carbocycles. The van der Waals surface area contributed by atoms with E-state index in [1.165, 1.54) is 11.3 Å². The lowest BCUT2D eigenvalue weighted by Crippen LogP contribution is -2.36. The summed E-state index contributed by atoms with van der Waals surface area (Å²) in [6, 6.07) is 9.74. The highest BCUT2D eigenvalue weighted by Gasteiger charge is 2.11. The third-order valence-electron chi connectivity index (χ3n) is 2.98. The Balaban J connectivity index is 1.99. The molecular formula is C14H17N3O3S2. The van der Waals surface area contributed by atoms with E-state index in [1.807, 2.05) is 53.5 Å². The Morgan fingerprint density at radius 1 is 1.36 bits per heavy atom. The number of benzene rings is 1. The number of thiazole rings is 1. The summed E-state index contributed by atoms with van der Waals surface area (Å²) in [6.45, 7) is 0.474. The number of hydrazone groups is 1. The summed E-state index contributed by atoms with van der Waals surface area (Å²) in [5.74, 6) is -0.351. The van der Waals surface area contributed by atoms with Gasteiger partial charge in [0.05, 0.1) is 21.2 Å². The predicted molar refractivity (Wildman–Crippen MR) is 86.1 cm³/mol. The van der Waals surface area contributed by atoms with Crippen LogP contribution in [0.25, 0.3) is 0 Å². The fourth-order valence-corrected chi connectivity index (χ4v) is 3.09. The van der Waals surface area contributed by atoms with E-state index in [0.717, 1.165) is 10.7 Å². The summed E-state index contributed by atoms with van der Waals surface area (Å²) in [4.78, 5) is 0. The van der Waals surface area contributed by atoms with Gasteiger partial charge in [-0.3, -0.25) is 5.01 Å². The van der Waals surface area contributed by atoms with Crippen molar-refractivity contribution in [2.75, 3.05) is 17.8 Å². The van der Waals surface area contributed by atoms with Crippen molar-refractivity contribution in [3.05, 3.63) is 46.9 Å². The highest BCUT2D eigenvalue weighted by molar-refractivity contribution is 7.85. The number of para-hydroxylation sites is 1. The molecular weight excluding hydrogens is 322 g/mol. The summed E-state index contributed by atoms with van der Waals surface area (Å²) >= 11 is 1.50. The minimum absolute atomic E-state index is 0.294. The van der Waals surface area contributed by atoms with Gasteiger partial charge in [-0.05, 0) is 12.1 Å². The van der Waals surface area contributed by atoms with Gasteiger partial charge in [-0.25, -0.2) is 8.42 Å². The molecule has 0 spiro atoms. The van der Waals surface area contributed by atoms with Gasteiger partial charge in [0.2, 0.25) is 0 Å². The Morgan fingerprint density at radius 3 is 2.77 bits per heavy atom. The molecule has 0 unspecified atom stereocenters. The summed E-state index contributed by atoms with van der Waals surface area (Å²) in [5, 5.41) is 8.92. The molecule has 0 aliphatic rings. The minimum Gasteiger partial charge on any atom is -0.748 e. The lowest BCUT2D eigenvalue weighted by atomic mass is 10.3. The number of anilines is 1. The molecule has 118 valence electrons. The predicted octanol–water partition coefficient (Wildman–Crippen LogP) is 1.44. The Morgan fingerprint density at radius 2 is 2.09 bits per heavy atom. The first kappa shape index (κ1) is 16.6. The van der Waals surface area contributed by atoms with Crippen LogP contribution in [0.5, 0.6) is 0 Å². The van der Waals surface area contributed by atoms with Crippen LogP contribution in [-0.2, 0) is 16.7 Å². The molecule has 0 bridgehead atoms. The number of hydrogen-bond donors (Lipinski definition) is 0. The van der Waals surface area contributed by atoms with Crippen LogP contribution in [-0.4, -0.2) is 32.0 Å². The molecule has 8 heteroatoms. The van der Waals surface area contributed by atoms with Crippen molar-refractivity contribution in [1.29, 1.82) is 0 Å². The standard InChI is InChI=1S/C14H17N3O3S2/c1-16(13-6-3-2-4-7-13)15-12-14-17(9-10-21-14)8-5-11-22(18,19)20/h2-4,6-7,9-10,12H,5,8,11H2,1H3. The molecule has 0 amide bonds. The Labute approximate surface area is 134 Å². The van der Waals surface area contributed by atoms with Crippen molar-refractivity contribution in [2.45, 2.75) is 13.0 Å². The maximum atomic E-state index is 10.6. The van der Waals surface area contributed by atoms with Crippen LogP contribution >= 0.6 is 11.3 Å². The minimum atomic E-state index is -4.15. The molecule has 0 fully saturated rings. The van der Waals surface area contributed by atoms with Gasteiger partial charge in [-0.15, -0.1) is 0 Å². The Hall–Kier alpha value is -1.77. The topological polar surface area (TPSA) is 76.7 Å². The average molecular weight is 339 g/mol. The third-order valence-corrected chi connectivity index (χ3v) is 4.61. The van der Waals surface area contributed by atoms with Gasteiger partial charge < -0.3 is 4.55 Å². The first-order valence-corrected chi connectivity index (χ1v) is 9.15. The summed E-state index contributed by atoms with van der Waals surface area (Å²) in [6.07, 6.45) is 3.87. The maximum Gasteiger partial charge on any atom is 0.282 e. The molecule has 0 atom stereocenters. The van der Waals surface area contributed by atoms with Gasteiger partial charge in [0, 0.05) is 19.2 Å². The largest absolute Gasteiger partial charge is 0.748 e. The highest BCUT2D eigenvalue weighted by atomic mass is 32.2. The fourth-order valence-electron chi connectivity index (χ4n) is 1.86. The van der Waals surface area contributed by atoms with Crippen LogP contribution in [0.1, 0.15) is 11.4 Å². The second kappa shape index (κ2) is 7.48. The first-order chi connectivity index (χ1) is 10.5. The zero-order valence-electron chi connectivity index (χ0n) is 12.1. The molecule has 1 heterocycles. The normalized spacial score (nSPS) is 11.9. The number of rotatable bonds is 7. The van der Waals surface area contributed by atoms with Crippen LogP contribution in [0.4, 0.5) is 5.69 Å². The molecule has 1 aromatic carbocycles. The molecule has 1 aromatic heterocycles. The second-order valence-electron chi connectivity index (χ2n) is 4.65. The van der Waals surface area contributed by atoms with Crippen molar-refractivity contribution < 1.29 is 17.5 Å². The molecule has 6 nitrogen and oxygen atoms in total. The van der Waals surface area contributed by atoms with E-state index >= 15 is 0 Å². The van der Waals surface area contributed by atoms with Crippen molar-refractivity contribution >= 4 is 33.4 Å². The van der Waals surface area contributed by atoms with Crippen LogP contribution in [0, 0.1) is 0 Å².